The van der Waals surface area contributed by atoms with Gasteiger partial charge in [-0.15, -0.1) is 23.1 Å². The fourth-order valence-electron chi connectivity index (χ4n) is 3.84. The van der Waals surface area contributed by atoms with E-state index in [-0.39, 0.29) is 12.3 Å². The van der Waals surface area contributed by atoms with Gasteiger partial charge in [-0.3, -0.25) is 14.8 Å². The first-order valence-corrected chi connectivity index (χ1v) is 13.6. The number of nitriles is 1. The molecule has 1 amide bonds. The molecule has 0 saturated carbocycles. The van der Waals surface area contributed by atoms with Crippen molar-refractivity contribution in [3.05, 3.63) is 96.7 Å². The third-order valence-electron chi connectivity index (χ3n) is 5.48. The zero-order chi connectivity index (χ0) is 26.3. The average Bonchev–Trinajstić information content (AvgIpc) is 3.33. The summed E-state index contributed by atoms with van der Waals surface area (Å²) in [7, 11) is 0. The highest BCUT2D eigenvalue weighted by atomic mass is 32.2. The smallest absolute Gasteiger partial charge is 0.230 e. The minimum atomic E-state index is -0.155. The lowest BCUT2D eigenvalue weighted by molar-refractivity contribution is -0.115. The molecule has 38 heavy (non-hydrogen) atoms. The molecule has 4 heterocycles. The van der Waals surface area contributed by atoms with Crippen LogP contribution in [0.1, 0.15) is 11.3 Å². The Morgan fingerprint density at radius 3 is 2.68 bits per heavy atom. The van der Waals surface area contributed by atoms with E-state index in [1.807, 2.05) is 66.9 Å². The predicted octanol–water partition coefficient (Wildman–Crippen LogP) is 6.18. The van der Waals surface area contributed by atoms with Crippen LogP contribution in [0.25, 0.3) is 21.7 Å². The van der Waals surface area contributed by atoms with Crippen LogP contribution in [0.5, 0.6) is 0 Å². The molecular formula is C28H21N7OS2. The highest BCUT2D eigenvalue weighted by Crippen LogP contribution is 2.45. The summed E-state index contributed by atoms with van der Waals surface area (Å²) in [4.78, 5) is 30.9. The summed E-state index contributed by atoms with van der Waals surface area (Å²) in [6.07, 6.45) is 8.95. The number of aromatic nitrogens is 4. The number of amides is 1. The first-order chi connectivity index (χ1) is 18.6. The lowest BCUT2D eigenvalue weighted by Crippen LogP contribution is -2.15. The van der Waals surface area contributed by atoms with Crippen molar-refractivity contribution in [2.24, 2.45) is 0 Å². The third kappa shape index (κ3) is 5.70. The molecule has 0 bridgehead atoms. The summed E-state index contributed by atoms with van der Waals surface area (Å²) < 4.78 is 0.920. The summed E-state index contributed by atoms with van der Waals surface area (Å²) in [6.45, 7) is 0. The van der Waals surface area contributed by atoms with E-state index < -0.39 is 0 Å². The fourth-order valence-corrected chi connectivity index (χ4v) is 5.75. The van der Waals surface area contributed by atoms with Crippen LogP contribution in [0.15, 0.2) is 89.7 Å². The second-order valence-corrected chi connectivity index (χ2v) is 10.1. The largest absolute Gasteiger partial charge is 0.326 e. The number of pyridine rings is 2. The van der Waals surface area contributed by atoms with Gasteiger partial charge in [0.1, 0.15) is 6.07 Å². The Morgan fingerprint density at radius 1 is 1.03 bits per heavy atom. The number of thioether (sulfide) groups is 1. The van der Waals surface area contributed by atoms with Crippen LogP contribution in [0, 0.1) is 11.3 Å². The van der Waals surface area contributed by atoms with Crippen molar-refractivity contribution >= 4 is 46.3 Å². The summed E-state index contributed by atoms with van der Waals surface area (Å²) in [6, 6.07) is 20.8. The molecule has 0 radical (unpaired) electrons. The number of thiophene rings is 1. The summed E-state index contributed by atoms with van der Waals surface area (Å²) in [5.74, 6) is 0.242. The molecule has 10 heteroatoms. The SMILES string of the molecule is CSc1sc(-c2ccnc(Nc3cccc(NC(=O)Cc4ccccn4)c3)n2)c(-c2cccnc2)c1C#N. The van der Waals surface area contributed by atoms with Gasteiger partial charge in [0.15, 0.2) is 0 Å². The molecule has 0 atom stereocenters. The van der Waals surface area contributed by atoms with Crippen LogP contribution in [-0.4, -0.2) is 32.1 Å². The van der Waals surface area contributed by atoms with Crippen LogP contribution in [0.2, 0.25) is 0 Å². The number of carbonyl (C=O) groups is 1. The maximum absolute atomic E-state index is 12.5. The van der Waals surface area contributed by atoms with Crippen molar-refractivity contribution in [1.29, 1.82) is 5.26 Å². The van der Waals surface area contributed by atoms with Crippen LogP contribution >= 0.6 is 23.1 Å². The molecule has 0 saturated heterocycles. The van der Waals surface area contributed by atoms with E-state index in [4.69, 9.17) is 4.98 Å². The van der Waals surface area contributed by atoms with Crippen molar-refractivity contribution < 1.29 is 4.79 Å². The number of rotatable bonds is 8. The van der Waals surface area contributed by atoms with Gasteiger partial charge in [0.2, 0.25) is 11.9 Å². The number of hydrogen-bond acceptors (Lipinski definition) is 9. The average molecular weight is 536 g/mol. The first kappa shape index (κ1) is 25.1. The number of anilines is 3. The number of hydrogen-bond donors (Lipinski definition) is 2. The van der Waals surface area contributed by atoms with E-state index in [9.17, 15) is 10.1 Å². The number of nitrogens with one attached hydrogen (secondary N) is 2. The molecule has 2 N–H and O–H groups in total. The molecular weight excluding hydrogens is 514 g/mol. The van der Waals surface area contributed by atoms with Gasteiger partial charge in [-0.2, -0.15) is 5.26 Å². The normalized spacial score (nSPS) is 10.5. The molecule has 5 aromatic rings. The Balaban J connectivity index is 1.39. The number of benzene rings is 1. The highest BCUT2D eigenvalue weighted by molar-refractivity contribution is 8.00. The van der Waals surface area contributed by atoms with Gasteiger partial charge in [0.05, 0.1) is 26.8 Å². The molecule has 1 aromatic carbocycles. The molecule has 186 valence electrons. The number of nitrogens with zero attached hydrogens (tertiary/aromatic N) is 5. The third-order valence-corrected chi connectivity index (χ3v) is 7.81. The quantitative estimate of drug-likeness (QED) is 0.226. The Labute approximate surface area is 227 Å². The van der Waals surface area contributed by atoms with E-state index in [2.05, 4.69) is 31.7 Å². The van der Waals surface area contributed by atoms with E-state index in [1.165, 1.54) is 23.1 Å². The molecule has 0 aliphatic carbocycles. The van der Waals surface area contributed by atoms with Gasteiger partial charge < -0.3 is 10.6 Å². The Morgan fingerprint density at radius 2 is 1.92 bits per heavy atom. The van der Waals surface area contributed by atoms with E-state index >= 15 is 0 Å². The Hall–Kier alpha value is -4.59. The second kappa shape index (κ2) is 11.6. The highest BCUT2D eigenvalue weighted by Gasteiger charge is 2.22. The van der Waals surface area contributed by atoms with Crippen LogP contribution < -0.4 is 10.6 Å². The predicted molar refractivity (Wildman–Crippen MR) is 151 cm³/mol. The van der Waals surface area contributed by atoms with Crippen molar-refractivity contribution in [2.75, 3.05) is 16.9 Å². The molecule has 0 aliphatic rings. The minimum absolute atomic E-state index is 0.155. The molecule has 4 aromatic heterocycles. The van der Waals surface area contributed by atoms with E-state index in [1.54, 1.807) is 24.8 Å². The van der Waals surface area contributed by atoms with E-state index in [0.29, 0.717) is 28.6 Å². The van der Waals surface area contributed by atoms with Crippen molar-refractivity contribution in [2.45, 2.75) is 10.6 Å². The summed E-state index contributed by atoms with van der Waals surface area (Å²) >= 11 is 3.06. The number of carbonyl (C=O) groups excluding carboxylic acids is 1. The molecule has 0 fully saturated rings. The van der Waals surface area contributed by atoms with E-state index in [0.717, 1.165) is 25.9 Å². The van der Waals surface area contributed by atoms with Crippen molar-refractivity contribution in [3.63, 3.8) is 0 Å². The minimum Gasteiger partial charge on any atom is -0.326 e. The molecule has 8 nitrogen and oxygen atoms in total. The van der Waals surface area contributed by atoms with Gasteiger partial charge in [-0.05, 0) is 48.7 Å². The van der Waals surface area contributed by atoms with Crippen LogP contribution in [0.4, 0.5) is 17.3 Å². The molecule has 5 rings (SSSR count). The van der Waals surface area contributed by atoms with Crippen molar-refractivity contribution in [1.82, 2.24) is 19.9 Å². The van der Waals surface area contributed by atoms with Gasteiger partial charge in [0.25, 0.3) is 0 Å². The monoisotopic (exact) mass is 535 g/mol. The summed E-state index contributed by atoms with van der Waals surface area (Å²) in [5, 5.41) is 16.0. The van der Waals surface area contributed by atoms with Gasteiger partial charge >= 0.3 is 0 Å². The zero-order valence-electron chi connectivity index (χ0n) is 20.3. The molecule has 0 aliphatic heterocycles. The van der Waals surface area contributed by atoms with Gasteiger partial charge in [-0.25, -0.2) is 9.97 Å². The molecule has 0 spiro atoms. The maximum Gasteiger partial charge on any atom is 0.230 e. The molecule has 0 unspecified atom stereocenters. The fraction of sp³-hybridized carbons (Fsp3) is 0.0714. The maximum atomic E-state index is 12.5. The summed E-state index contributed by atoms with van der Waals surface area (Å²) in [5.41, 5.74) is 5.06. The standard InChI is InChI=1S/C28H21N7OS2/c1-37-27-22(16-29)25(18-6-5-11-30-17-18)26(38-27)23-10-13-32-28(35-23)34-21-9-4-8-20(14-21)33-24(36)15-19-7-2-3-12-31-19/h2-14,17H,15H2,1H3,(H,33,36)(H,32,34,35). The first-order valence-electron chi connectivity index (χ1n) is 11.6. The van der Waals surface area contributed by atoms with Crippen LogP contribution in [0.3, 0.4) is 0 Å². The lowest BCUT2D eigenvalue weighted by atomic mass is 10.0. The van der Waals surface area contributed by atoms with Crippen LogP contribution in [-0.2, 0) is 11.2 Å². The van der Waals surface area contributed by atoms with Gasteiger partial charge in [-0.1, -0.05) is 18.2 Å². The van der Waals surface area contributed by atoms with Crippen molar-refractivity contribution in [3.8, 4) is 27.8 Å². The van der Waals surface area contributed by atoms with Gasteiger partial charge in [0, 0.05) is 53.0 Å². The Bertz CT molecular complexity index is 1620. The topological polar surface area (TPSA) is 116 Å². The lowest BCUT2D eigenvalue weighted by Gasteiger charge is -2.10. The second-order valence-electron chi connectivity index (χ2n) is 8.04. The Kier molecular flexibility index (Phi) is 7.68. The zero-order valence-corrected chi connectivity index (χ0v) is 21.9.